The molecule has 0 radical (unpaired) electrons. The van der Waals surface area contributed by atoms with Crippen LogP contribution in [0.3, 0.4) is 0 Å². The van der Waals surface area contributed by atoms with Crippen LogP contribution in [-0.2, 0) is 36.8 Å². The fourth-order valence-corrected chi connectivity index (χ4v) is 1.71. The molecule has 1 aromatic heterocycles. The average Bonchev–Trinajstić information content (AvgIpc) is 3.06. The van der Waals surface area contributed by atoms with Crippen LogP contribution in [0.15, 0.2) is 6.20 Å². The molecule has 1 rings (SSSR count). The molecular weight excluding hydrogens is 346 g/mol. The summed E-state index contributed by atoms with van der Waals surface area (Å²) in [7, 11) is 1.78. The standard InChI is InChI=1S/C15H27N5O6/c1-13(21)25-10-9-24-8-7-23-6-4-20-12-14(18-19-20)11-17-15(22)26-5-3-16-2/h12,16H,3-11H2,1-2H3,(H,17,22). The number of likely N-dealkylation sites (N-methyl/N-ethyl adjacent to an activating group) is 1. The molecule has 148 valence electrons. The third-order valence-electron chi connectivity index (χ3n) is 2.95. The second-order valence-corrected chi connectivity index (χ2v) is 5.13. The average molecular weight is 373 g/mol. The number of hydrogen-bond acceptors (Lipinski definition) is 9. The fourth-order valence-electron chi connectivity index (χ4n) is 1.71. The molecule has 0 saturated heterocycles. The van der Waals surface area contributed by atoms with E-state index in [0.29, 0.717) is 51.8 Å². The van der Waals surface area contributed by atoms with E-state index in [0.717, 1.165) is 0 Å². The summed E-state index contributed by atoms with van der Waals surface area (Å²) in [6.45, 7) is 4.93. The lowest BCUT2D eigenvalue weighted by Crippen LogP contribution is -2.26. The number of rotatable bonds is 14. The molecule has 11 heteroatoms. The van der Waals surface area contributed by atoms with Crippen LogP contribution in [0.4, 0.5) is 4.79 Å². The Balaban J connectivity index is 2.02. The van der Waals surface area contributed by atoms with E-state index in [-0.39, 0.29) is 19.1 Å². The molecule has 0 spiro atoms. The Morgan fingerprint density at radius 1 is 1.08 bits per heavy atom. The number of nitrogens with zero attached hydrogens (tertiary/aromatic N) is 3. The van der Waals surface area contributed by atoms with Gasteiger partial charge in [0.1, 0.15) is 18.9 Å². The van der Waals surface area contributed by atoms with Crippen LogP contribution in [0.5, 0.6) is 0 Å². The zero-order chi connectivity index (χ0) is 19.0. The molecule has 1 amide bonds. The zero-order valence-electron chi connectivity index (χ0n) is 15.2. The van der Waals surface area contributed by atoms with E-state index >= 15 is 0 Å². The molecule has 0 aliphatic rings. The quantitative estimate of drug-likeness (QED) is 0.322. The van der Waals surface area contributed by atoms with Crippen molar-refractivity contribution in [2.45, 2.75) is 20.0 Å². The van der Waals surface area contributed by atoms with Gasteiger partial charge in [-0.15, -0.1) is 5.10 Å². The minimum absolute atomic E-state index is 0.244. The van der Waals surface area contributed by atoms with Crippen LogP contribution in [0.1, 0.15) is 12.6 Å². The van der Waals surface area contributed by atoms with Crippen molar-refractivity contribution in [1.82, 2.24) is 25.6 Å². The topological polar surface area (TPSA) is 126 Å². The van der Waals surface area contributed by atoms with Crippen molar-refractivity contribution in [3.63, 3.8) is 0 Å². The zero-order valence-corrected chi connectivity index (χ0v) is 15.2. The molecule has 0 aromatic carbocycles. The van der Waals surface area contributed by atoms with Gasteiger partial charge in [0.15, 0.2) is 0 Å². The smallest absolute Gasteiger partial charge is 0.407 e. The van der Waals surface area contributed by atoms with Crippen LogP contribution in [0.2, 0.25) is 0 Å². The van der Waals surface area contributed by atoms with Crippen molar-refractivity contribution >= 4 is 12.1 Å². The first kappa shape index (κ1) is 21.8. The number of esters is 1. The molecule has 11 nitrogen and oxygen atoms in total. The third-order valence-corrected chi connectivity index (χ3v) is 2.95. The van der Waals surface area contributed by atoms with Crippen LogP contribution in [0, 0.1) is 0 Å². The van der Waals surface area contributed by atoms with Gasteiger partial charge in [-0.25, -0.2) is 9.48 Å². The molecule has 2 N–H and O–H groups in total. The first-order valence-corrected chi connectivity index (χ1v) is 8.35. The van der Waals surface area contributed by atoms with E-state index < -0.39 is 6.09 Å². The summed E-state index contributed by atoms with van der Waals surface area (Å²) < 4.78 is 21.9. The van der Waals surface area contributed by atoms with E-state index in [4.69, 9.17) is 18.9 Å². The summed E-state index contributed by atoms with van der Waals surface area (Å²) >= 11 is 0. The normalized spacial score (nSPS) is 10.5. The maximum Gasteiger partial charge on any atom is 0.407 e. The number of hydrogen-bond donors (Lipinski definition) is 2. The molecule has 0 unspecified atom stereocenters. The van der Waals surface area contributed by atoms with Crippen molar-refractivity contribution in [2.24, 2.45) is 0 Å². The van der Waals surface area contributed by atoms with E-state index in [2.05, 4.69) is 20.9 Å². The Labute approximate surface area is 152 Å². The van der Waals surface area contributed by atoms with E-state index in [1.165, 1.54) is 6.92 Å². The van der Waals surface area contributed by atoms with Gasteiger partial charge in [0.25, 0.3) is 0 Å². The molecule has 0 atom stereocenters. The predicted molar refractivity (Wildman–Crippen MR) is 90.4 cm³/mol. The molecule has 0 fully saturated rings. The number of ether oxygens (including phenoxy) is 4. The summed E-state index contributed by atoms with van der Waals surface area (Å²) in [5.41, 5.74) is 0.629. The number of alkyl carbamates (subject to hydrolysis) is 1. The number of carbonyl (C=O) groups is 2. The van der Waals surface area contributed by atoms with Gasteiger partial charge in [-0.2, -0.15) is 0 Å². The number of carbonyl (C=O) groups excluding carboxylic acids is 2. The lowest BCUT2D eigenvalue weighted by molar-refractivity contribution is -0.142. The van der Waals surface area contributed by atoms with E-state index in [1.807, 2.05) is 0 Å². The third kappa shape index (κ3) is 11.3. The van der Waals surface area contributed by atoms with Crippen molar-refractivity contribution < 1.29 is 28.5 Å². The van der Waals surface area contributed by atoms with Gasteiger partial charge in [-0.1, -0.05) is 5.21 Å². The SMILES string of the molecule is CNCCOC(=O)NCc1cn(CCOCCOCCOC(C)=O)nn1. The summed E-state index contributed by atoms with van der Waals surface area (Å²) in [4.78, 5) is 21.9. The van der Waals surface area contributed by atoms with Crippen LogP contribution in [0.25, 0.3) is 0 Å². The Hall–Kier alpha value is -2.24. The highest BCUT2D eigenvalue weighted by atomic mass is 16.6. The maximum atomic E-state index is 11.4. The monoisotopic (exact) mass is 373 g/mol. The lowest BCUT2D eigenvalue weighted by Gasteiger charge is -2.06. The Bertz CT molecular complexity index is 524. The minimum atomic E-state index is -0.494. The number of nitrogens with one attached hydrogen (secondary N) is 2. The van der Waals surface area contributed by atoms with Gasteiger partial charge in [0, 0.05) is 13.5 Å². The van der Waals surface area contributed by atoms with Gasteiger partial charge in [-0.3, -0.25) is 4.79 Å². The molecule has 1 heterocycles. The Morgan fingerprint density at radius 2 is 1.81 bits per heavy atom. The van der Waals surface area contributed by atoms with Crippen molar-refractivity contribution in [2.75, 3.05) is 53.2 Å². The molecule has 0 bridgehead atoms. The van der Waals surface area contributed by atoms with Crippen molar-refractivity contribution in [1.29, 1.82) is 0 Å². The predicted octanol–water partition coefficient (Wildman–Crippen LogP) is -0.680. The maximum absolute atomic E-state index is 11.4. The first-order valence-electron chi connectivity index (χ1n) is 8.35. The highest BCUT2D eigenvalue weighted by molar-refractivity contribution is 5.67. The first-order chi connectivity index (χ1) is 12.6. The highest BCUT2D eigenvalue weighted by Crippen LogP contribution is 1.94. The molecule has 26 heavy (non-hydrogen) atoms. The Kier molecular flexibility index (Phi) is 11.7. The van der Waals surface area contributed by atoms with E-state index in [9.17, 15) is 9.59 Å². The van der Waals surface area contributed by atoms with Gasteiger partial charge in [0.05, 0.1) is 45.7 Å². The fraction of sp³-hybridized carbons (Fsp3) is 0.733. The molecule has 1 aromatic rings. The summed E-state index contributed by atoms with van der Waals surface area (Å²) in [6.07, 6.45) is 1.24. The van der Waals surface area contributed by atoms with Crippen LogP contribution in [-0.4, -0.2) is 80.3 Å². The summed E-state index contributed by atoms with van der Waals surface area (Å²) in [6, 6.07) is 0. The van der Waals surface area contributed by atoms with Gasteiger partial charge in [0.2, 0.25) is 0 Å². The van der Waals surface area contributed by atoms with Crippen LogP contribution >= 0.6 is 0 Å². The van der Waals surface area contributed by atoms with Crippen LogP contribution < -0.4 is 10.6 Å². The largest absolute Gasteiger partial charge is 0.463 e. The molecule has 0 aliphatic heterocycles. The van der Waals surface area contributed by atoms with Crippen molar-refractivity contribution in [3.8, 4) is 0 Å². The van der Waals surface area contributed by atoms with Gasteiger partial charge in [-0.05, 0) is 7.05 Å². The van der Waals surface area contributed by atoms with E-state index in [1.54, 1.807) is 17.9 Å². The highest BCUT2D eigenvalue weighted by Gasteiger charge is 2.05. The second-order valence-electron chi connectivity index (χ2n) is 5.13. The Morgan fingerprint density at radius 3 is 2.54 bits per heavy atom. The number of amides is 1. The molecule has 0 saturated carbocycles. The lowest BCUT2D eigenvalue weighted by atomic mass is 10.5. The summed E-state index contributed by atoms with van der Waals surface area (Å²) in [5, 5.41) is 13.4. The van der Waals surface area contributed by atoms with Gasteiger partial charge >= 0.3 is 12.1 Å². The molecule has 0 aliphatic carbocycles. The second kappa shape index (κ2) is 14.0. The van der Waals surface area contributed by atoms with Gasteiger partial charge < -0.3 is 29.6 Å². The summed E-state index contributed by atoms with van der Waals surface area (Å²) in [5.74, 6) is -0.321. The molecular formula is C15H27N5O6. The number of aromatic nitrogens is 3. The minimum Gasteiger partial charge on any atom is -0.463 e. The van der Waals surface area contributed by atoms with Crippen molar-refractivity contribution in [3.05, 3.63) is 11.9 Å².